The highest BCUT2D eigenvalue weighted by molar-refractivity contribution is 5.77. The molecule has 0 aliphatic carbocycles. The minimum absolute atomic E-state index is 0.540. The van der Waals surface area contributed by atoms with Crippen LogP contribution in [0.1, 0.15) is 20.3 Å². The van der Waals surface area contributed by atoms with E-state index in [-0.39, 0.29) is 0 Å². The lowest BCUT2D eigenvalue weighted by atomic mass is 10.2. The normalized spacial score (nSPS) is 11.9. The van der Waals surface area contributed by atoms with Crippen LogP contribution in [0, 0.1) is 0 Å². The minimum atomic E-state index is -0.818. The second-order valence-electron chi connectivity index (χ2n) is 3.91. The van der Waals surface area contributed by atoms with Crippen LogP contribution in [0.5, 0.6) is 5.75 Å². The summed E-state index contributed by atoms with van der Waals surface area (Å²) in [5.41, 5.74) is 0.876. The van der Waals surface area contributed by atoms with Gasteiger partial charge in [0, 0.05) is 18.3 Å². The Hall–Kier alpha value is -1.71. The molecule has 0 amide bonds. The summed E-state index contributed by atoms with van der Waals surface area (Å²) in [6, 6.07) is 6.93. The highest BCUT2D eigenvalue weighted by Crippen LogP contribution is 2.23. The number of anilines is 1. The maximum absolute atomic E-state index is 11.1. The number of aliphatic carboxylic acids is 1. The van der Waals surface area contributed by atoms with Gasteiger partial charge in [-0.15, -0.1) is 0 Å². The Labute approximate surface area is 102 Å². The van der Waals surface area contributed by atoms with E-state index in [1.54, 1.807) is 14.0 Å². The first kappa shape index (κ1) is 13.4. The van der Waals surface area contributed by atoms with Crippen molar-refractivity contribution in [2.24, 2.45) is 0 Å². The van der Waals surface area contributed by atoms with Crippen molar-refractivity contribution in [1.82, 2.24) is 0 Å². The predicted octanol–water partition coefficient (Wildman–Crippen LogP) is 2.38. The number of hydrogen-bond acceptors (Lipinski definition) is 3. The second-order valence-corrected chi connectivity index (χ2v) is 3.91. The molecule has 0 fully saturated rings. The van der Waals surface area contributed by atoms with Crippen LogP contribution in [-0.2, 0) is 4.79 Å². The molecular weight excluding hydrogens is 218 g/mol. The zero-order chi connectivity index (χ0) is 12.8. The van der Waals surface area contributed by atoms with Crippen molar-refractivity contribution in [2.75, 3.05) is 18.6 Å². The van der Waals surface area contributed by atoms with Crippen molar-refractivity contribution in [2.45, 2.75) is 26.3 Å². The molecule has 0 saturated heterocycles. The number of ether oxygens (including phenoxy) is 1. The van der Waals surface area contributed by atoms with Crippen molar-refractivity contribution < 1.29 is 14.6 Å². The molecule has 0 aliphatic rings. The fourth-order valence-electron chi connectivity index (χ4n) is 1.71. The Morgan fingerprint density at radius 2 is 2.24 bits per heavy atom. The molecule has 1 aromatic rings. The lowest BCUT2D eigenvalue weighted by Gasteiger charge is -2.28. The molecule has 4 nitrogen and oxygen atoms in total. The molecule has 1 aromatic carbocycles. The quantitative estimate of drug-likeness (QED) is 0.825. The molecule has 94 valence electrons. The first-order valence-corrected chi connectivity index (χ1v) is 5.73. The topological polar surface area (TPSA) is 49.8 Å². The van der Waals surface area contributed by atoms with Crippen LogP contribution in [0.15, 0.2) is 24.3 Å². The molecule has 0 radical (unpaired) electrons. The van der Waals surface area contributed by atoms with E-state index in [1.165, 1.54) is 0 Å². The molecule has 1 atom stereocenters. The van der Waals surface area contributed by atoms with Gasteiger partial charge in [0.05, 0.1) is 7.11 Å². The summed E-state index contributed by atoms with van der Waals surface area (Å²) in [5, 5.41) is 9.09. The molecule has 1 N–H and O–H groups in total. The summed E-state index contributed by atoms with van der Waals surface area (Å²) in [6.45, 7) is 4.43. The monoisotopic (exact) mass is 237 g/mol. The van der Waals surface area contributed by atoms with Crippen LogP contribution in [0.4, 0.5) is 5.69 Å². The van der Waals surface area contributed by atoms with E-state index >= 15 is 0 Å². The third-order valence-corrected chi connectivity index (χ3v) is 2.67. The summed E-state index contributed by atoms with van der Waals surface area (Å²) in [6.07, 6.45) is 0.898. The first-order valence-electron chi connectivity index (χ1n) is 5.73. The van der Waals surface area contributed by atoms with Crippen molar-refractivity contribution in [3.63, 3.8) is 0 Å². The fourth-order valence-corrected chi connectivity index (χ4v) is 1.71. The number of rotatable bonds is 6. The Morgan fingerprint density at radius 1 is 1.53 bits per heavy atom. The number of methoxy groups -OCH3 is 1. The Morgan fingerprint density at radius 3 is 2.76 bits per heavy atom. The van der Waals surface area contributed by atoms with Gasteiger partial charge in [0.1, 0.15) is 11.8 Å². The van der Waals surface area contributed by atoms with E-state index in [2.05, 4.69) is 0 Å². The van der Waals surface area contributed by atoms with Gasteiger partial charge in [-0.1, -0.05) is 13.0 Å². The van der Waals surface area contributed by atoms with Crippen LogP contribution in [0.3, 0.4) is 0 Å². The molecule has 0 bridgehead atoms. The van der Waals surface area contributed by atoms with Gasteiger partial charge in [0.15, 0.2) is 0 Å². The van der Waals surface area contributed by atoms with Gasteiger partial charge in [-0.2, -0.15) is 0 Å². The highest BCUT2D eigenvalue weighted by atomic mass is 16.5. The van der Waals surface area contributed by atoms with Crippen molar-refractivity contribution >= 4 is 11.7 Å². The number of carbonyl (C=O) groups is 1. The van der Waals surface area contributed by atoms with Crippen molar-refractivity contribution in [3.05, 3.63) is 24.3 Å². The highest BCUT2D eigenvalue weighted by Gasteiger charge is 2.20. The number of carboxylic acid groups (broad SMARTS) is 1. The second kappa shape index (κ2) is 6.13. The van der Waals surface area contributed by atoms with Gasteiger partial charge in [-0.25, -0.2) is 4.79 Å². The van der Waals surface area contributed by atoms with Gasteiger partial charge in [-0.05, 0) is 25.5 Å². The zero-order valence-corrected chi connectivity index (χ0v) is 10.5. The van der Waals surface area contributed by atoms with E-state index in [1.807, 2.05) is 36.1 Å². The maximum atomic E-state index is 11.1. The van der Waals surface area contributed by atoms with Gasteiger partial charge >= 0.3 is 5.97 Å². The average molecular weight is 237 g/mol. The maximum Gasteiger partial charge on any atom is 0.326 e. The van der Waals surface area contributed by atoms with Crippen LogP contribution in [0.2, 0.25) is 0 Å². The van der Waals surface area contributed by atoms with Crippen molar-refractivity contribution in [3.8, 4) is 5.75 Å². The molecule has 0 saturated carbocycles. The fraction of sp³-hybridized carbons (Fsp3) is 0.462. The van der Waals surface area contributed by atoms with E-state index in [4.69, 9.17) is 9.84 Å². The Bertz CT molecular complexity index is 379. The smallest absolute Gasteiger partial charge is 0.326 e. The minimum Gasteiger partial charge on any atom is -0.497 e. The number of benzene rings is 1. The third kappa shape index (κ3) is 3.37. The molecule has 0 aromatic heterocycles. The van der Waals surface area contributed by atoms with E-state index in [0.717, 1.165) is 17.9 Å². The van der Waals surface area contributed by atoms with E-state index in [9.17, 15) is 4.79 Å². The Kier molecular flexibility index (Phi) is 4.82. The molecule has 0 aliphatic heterocycles. The lowest BCUT2D eigenvalue weighted by molar-refractivity contribution is -0.138. The van der Waals surface area contributed by atoms with Crippen LogP contribution < -0.4 is 9.64 Å². The third-order valence-electron chi connectivity index (χ3n) is 2.67. The SMILES string of the molecule is CCCN(c1cccc(OC)c1)[C@H](C)C(=O)O. The average Bonchev–Trinajstić information content (AvgIpc) is 2.35. The molecule has 0 spiro atoms. The molecule has 4 heteroatoms. The lowest BCUT2D eigenvalue weighted by Crippen LogP contribution is -2.39. The van der Waals surface area contributed by atoms with Gasteiger partial charge in [0.2, 0.25) is 0 Å². The van der Waals surface area contributed by atoms with Crippen molar-refractivity contribution in [1.29, 1.82) is 0 Å². The summed E-state index contributed by atoms with van der Waals surface area (Å²) in [5.74, 6) is -0.0811. The summed E-state index contributed by atoms with van der Waals surface area (Å²) in [7, 11) is 1.60. The summed E-state index contributed by atoms with van der Waals surface area (Å²) < 4.78 is 5.15. The van der Waals surface area contributed by atoms with Gasteiger partial charge < -0.3 is 14.7 Å². The van der Waals surface area contributed by atoms with E-state index in [0.29, 0.717) is 6.54 Å². The zero-order valence-electron chi connectivity index (χ0n) is 10.5. The van der Waals surface area contributed by atoms with E-state index < -0.39 is 12.0 Å². The predicted molar refractivity (Wildman–Crippen MR) is 67.7 cm³/mol. The molecule has 1 rings (SSSR count). The van der Waals surface area contributed by atoms with Gasteiger partial charge in [0.25, 0.3) is 0 Å². The number of carboxylic acids is 1. The number of hydrogen-bond donors (Lipinski definition) is 1. The largest absolute Gasteiger partial charge is 0.497 e. The summed E-state index contributed by atoms with van der Waals surface area (Å²) in [4.78, 5) is 12.9. The van der Waals surface area contributed by atoms with Gasteiger partial charge in [-0.3, -0.25) is 0 Å². The van der Waals surface area contributed by atoms with Crippen LogP contribution >= 0.6 is 0 Å². The van der Waals surface area contributed by atoms with Crippen LogP contribution in [-0.4, -0.2) is 30.8 Å². The Balaban J connectivity index is 2.99. The standard InChI is InChI=1S/C13H19NO3/c1-4-8-14(10(2)13(15)16)11-6-5-7-12(9-11)17-3/h5-7,9-10H,4,8H2,1-3H3,(H,15,16)/t10-/m1/s1. The molecule has 0 heterocycles. The summed E-state index contributed by atoms with van der Waals surface area (Å²) >= 11 is 0. The molecule has 0 unspecified atom stereocenters. The van der Waals surface area contributed by atoms with Crippen LogP contribution in [0.25, 0.3) is 0 Å². The molecule has 17 heavy (non-hydrogen) atoms. The first-order chi connectivity index (χ1) is 8.10. The molecular formula is C13H19NO3. The number of nitrogens with zero attached hydrogens (tertiary/aromatic N) is 1.